The van der Waals surface area contributed by atoms with Crippen molar-refractivity contribution in [1.29, 1.82) is 0 Å². The van der Waals surface area contributed by atoms with E-state index in [-0.39, 0.29) is 52.3 Å². The third kappa shape index (κ3) is 14.1. The first kappa shape index (κ1) is 35.7. The average Bonchev–Trinajstić information content (AvgIpc) is 3.02. The maximum atomic E-state index is 13.2. The van der Waals surface area contributed by atoms with Gasteiger partial charge in [0.05, 0.1) is 31.8 Å². The monoisotopic (exact) mass is 609 g/mol. The third-order valence-corrected chi connectivity index (χ3v) is 6.33. The van der Waals surface area contributed by atoms with Gasteiger partial charge < -0.3 is 35.3 Å². The van der Waals surface area contributed by atoms with Crippen molar-refractivity contribution in [3.05, 3.63) is 97.1 Å². The van der Waals surface area contributed by atoms with Gasteiger partial charge in [-0.3, -0.25) is 9.59 Å². The molecule has 11 heteroatoms. The van der Waals surface area contributed by atoms with Crippen molar-refractivity contribution in [2.45, 2.75) is 57.5 Å². The summed E-state index contributed by atoms with van der Waals surface area (Å²) < 4.78 is 16.5. The van der Waals surface area contributed by atoms with E-state index in [1.54, 1.807) is 19.1 Å². The molecule has 0 fully saturated rings. The second-order valence-corrected chi connectivity index (χ2v) is 10.2. The van der Waals surface area contributed by atoms with E-state index >= 15 is 0 Å². The fourth-order valence-electron chi connectivity index (χ4n) is 4.00. The largest absolute Gasteiger partial charge is 0.462 e. The van der Waals surface area contributed by atoms with Gasteiger partial charge in [-0.05, 0) is 30.9 Å². The van der Waals surface area contributed by atoms with Crippen LogP contribution in [0.2, 0.25) is 0 Å². The molecule has 0 heterocycles. The molecule has 44 heavy (non-hydrogen) atoms. The molecule has 2 aromatic rings. The van der Waals surface area contributed by atoms with Crippen LogP contribution in [0.1, 0.15) is 37.3 Å². The molecular weight excluding hydrogens is 566 g/mol. The molecule has 0 aliphatic carbocycles. The molecule has 0 spiro atoms. The van der Waals surface area contributed by atoms with E-state index in [1.807, 2.05) is 48.5 Å². The van der Waals surface area contributed by atoms with Gasteiger partial charge in [0.25, 0.3) is 0 Å². The molecule has 0 aliphatic rings. The molecule has 11 nitrogen and oxygen atoms in total. The zero-order valence-corrected chi connectivity index (χ0v) is 25.1. The van der Waals surface area contributed by atoms with E-state index in [4.69, 9.17) is 14.2 Å². The molecule has 0 saturated heterocycles. The van der Waals surface area contributed by atoms with Gasteiger partial charge >= 0.3 is 12.1 Å². The molecule has 3 amide bonds. The van der Waals surface area contributed by atoms with Crippen LogP contribution in [-0.2, 0) is 41.8 Å². The fourth-order valence-corrected chi connectivity index (χ4v) is 4.00. The number of carbonyl (C=O) groups is 4. The lowest BCUT2D eigenvalue weighted by molar-refractivity contribution is -0.148. The van der Waals surface area contributed by atoms with E-state index in [9.17, 15) is 24.3 Å². The van der Waals surface area contributed by atoms with Gasteiger partial charge in [-0.1, -0.05) is 72.8 Å². The number of alkyl carbamates (subject to hydrolysis) is 1. The van der Waals surface area contributed by atoms with Crippen LogP contribution >= 0.6 is 0 Å². The number of benzene rings is 2. The Labute approximate surface area is 258 Å². The molecule has 2 aromatic carbocycles. The van der Waals surface area contributed by atoms with Crippen molar-refractivity contribution >= 4 is 23.9 Å². The number of aliphatic hydroxyl groups is 1. The lowest BCUT2D eigenvalue weighted by atomic mass is 9.99. The number of nitrogens with one attached hydrogen (secondary N) is 3. The number of rotatable bonds is 20. The van der Waals surface area contributed by atoms with Crippen LogP contribution in [0.4, 0.5) is 4.79 Å². The number of hydrogen-bond acceptors (Lipinski definition) is 8. The van der Waals surface area contributed by atoms with Crippen molar-refractivity contribution < 1.29 is 38.5 Å². The number of aliphatic hydroxyl groups excluding tert-OH is 1. The van der Waals surface area contributed by atoms with Crippen LogP contribution in [0.3, 0.4) is 0 Å². The summed E-state index contributed by atoms with van der Waals surface area (Å²) in [5, 5.41) is 17.2. The molecule has 0 radical (unpaired) electrons. The van der Waals surface area contributed by atoms with Crippen LogP contribution in [0.25, 0.3) is 0 Å². The molecule has 0 unspecified atom stereocenters. The number of carbonyl (C=O) groups excluding carboxylic acids is 4. The highest BCUT2D eigenvalue weighted by Crippen LogP contribution is 2.12. The van der Waals surface area contributed by atoms with Gasteiger partial charge in [0.2, 0.25) is 11.8 Å². The van der Waals surface area contributed by atoms with Gasteiger partial charge in [-0.2, -0.15) is 0 Å². The van der Waals surface area contributed by atoms with Crippen LogP contribution in [-0.4, -0.2) is 66.9 Å². The zero-order valence-electron chi connectivity index (χ0n) is 25.1. The predicted octanol–water partition coefficient (Wildman–Crippen LogP) is 3.18. The van der Waals surface area contributed by atoms with Gasteiger partial charge in [0, 0.05) is 12.5 Å². The molecule has 4 N–H and O–H groups in total. The summed E-state index contributed by atoms with van der Waals surface area (Å²) in [5.74, 6) is -2.34. The second-order valence-electron chi connectivity index (χ2n) is 10.2. The first-order chi connectivity index (χ1) is 21.2. The Bertz CT molecular complexity index is 1190. The van der Waals surface area contributed by atoms with Crippen LogP contribution in [0.15, 0.2) is 86.0 Å². The maximum absolute atomic E-state index is 13.2. The maximum Gasteiger partial charge on any atom is 0.408 e. The van der Waals surface area contributed by atoms with Gasteiger partial charge in [-0.15, -0.1) is 13.2 Å². The van der Waals surface area contributed by atoms with Gasteiger partial charge in [0.1, 0.15) is 19.3 Å². The molecule has 0 aliphatic heterocycles. The molecule has 2 rings (SSSR count). The number of allylic oxidation sites excluding steroid dienone is 1. The molecule has 4 atom stereocenters. The Morgan fingerprint density at radius 3 is 2.02 bits per heavy atom. The van der Waals surface area contributed by atoms with Crippen LogP contribution < -0.4 is 16.0 Å². The standard InChI is InChI=1S/C33H43N3O8/c1-4-12-27(18-30(38)34-24(3)19-37)31(39)35-28(22-42-20-25-14-8-6-9-15-25)23-43-32(40)29(13-5-2)36-33(41)44-21-26-16-10-7-11-17-26/h4-11,14-17,24,27-29,37H,1-2,12-13,18-23H2,3H3,(H,34,38)(H,35,39)(H,36,41)/t24-,27+,28-,29+/m0/s1. The normalized spacial score (nSPS) is 13.3. The third-order valence-electron chi connectivity index (χ3n) is 6.33. The Morgan fingerprint density at radius 1 is 0.818 bits per heavy atom. The number of amides is 3. The highest BCUT2D eigenvalue weighted by atomic mass is 16.6. The zero-order chi connectivity index (χ0) is 32.2. The lowest BCUT2D eigenvalue weighted by Crippen LogP contribution is -2.47. The molecular formula is C33H43N3O8. The minimum atomic E-state index is -1.07. The van der Waals surface area contributed by atoms with E-state index in [2.05, 4.69) is 29.1 Å². The molecule has 0 aromatic heterocycles. The summed E-state index contributed by atoms with van der Waals surface area (Å²) >= 11 is 0. The minimum Gasteiger partial charge on any atom is -0.462 e. The van der Waals surface area contributed by atoms with Gasteiger partial charge in [0.15, 0.2) is 0 Å². The Kier molecular flexibility index (Phi) is 16.6. The first-order valence-corrected chi connectivity index (χ1v) is 14.4. The highest BCUT2D eigenvalue weighted by Gasteiger charge is 2.27. The van der Waals surface area contributed by atoms with E-state index in [1.165, 1.54) is 12.2 Å². The SMILES string of the molecule is C=CC[C@H](CC(=O)N[C@@H](C)CO)C(=O)N[C@@H](COCc1ccccc1)COC(=O)[C@@H](CC=C)NC(=O)OCc1ccccc1. The fraction of sp³-hybridized carbons (Fsp3) is 0.394. The van der Waals surface area contributed by atoms with E-state index < -0.39 is 47.9 Å². The Balaban J connectivity index is 2.03. The Morgan fingerprint density at radius 2 is 1.43 bits per heavy atom. The summed E-state index contributed by atoms with van der Waals surface area (Å²) in [6.45, 7) is 8.76. The molecule has 0 bridgehead atoms. The highest BCUT2D eigenvalue weighted by molar-refractivity contribution is 5.86. The number of hydrogen-bond donors (Lipinski definition) is 4. The summed E-state index contributed by atoms with van der Waals surface area (Å²) in [4.78, 5) is 50.9. The summed E-state index contributed by atoms with van der Waals surface area (Å²) in [7, 11) is 0. The van der Waals surface area contributed by atoms with Crippen molar-refractivity contribution in [3.8, 4) is 0 Å². The van der Waals surface area contributed by atoms with Gasteiger partial charge in [-0.25, -0.2) is 9.59 Å². The number of ether oxygens (including phenoxy) is 3. The topological polar surface area (TPSA) is 152 Å². The quantitative estimate of drug-likeness (QED) is 0.132. The molecule has 0 saturated carbocycles. The predicted molar refractivity (Wildman–Crippen MR) is 165 cm³/mol. The van der Waals surface area contributed by atoms with Crippen molar-refractivity contribution in [3.63, 3.8) is 0 Å². The van der Waals surface area contributed by atoms with Crippen molar-refractivity contribution in [2.75, 3.05) is 19.8 Å². The van der Waals surface area contributed by atoms with Crippen molar-refractivity contribution in [1.82, 2.24) is 16.0 Å². The summed E-state index contributed by atoms with van der Waals surface area (Å²) in [6, 6.07) is 16.2. The second kappa shape index (κ2) is 20.4. The van der Waals surface area contributed by atoms with Crippen molar-refractivity contribution in [2.24, 2.45) is 5.92 Å². The summed E-state index contributed by atoms with van der Waals surface area (Å²) in [5.41, 5.74) is 1.70. The lowest BCUT2D eigenvalue weighted by Gasteiger charge is -2.24. The first-order valence-electron chi connectivity index (χ1n) is 14.4. The minimum absolute atomic E-state index is 0.00113. The smallest absolute Gasteiger partial charge is 0.408 e. The Hall–Kier alpha value is -4.48. The molecule has 238 valence electrons. The van der Waals surface area contributed by atoms with Crippen LogP contribution in [0, 0.1) is 5.92 Å². The van der Waals surface area contributed by atoms with Crippen LogP contribution in [0.5, 0.6) is 0 Å². The number of esters is 1. The van der Waals surface area contributed by atoms with E-state index in [0.29, 0.717) is 0 Å². The summed E-state index contributed by atoms with van der Waals surface area (Å²) in [6.07, 6.45) is 2.39. The average molecular weight is 610 g/mol. The van der Waals surface area contributed by atoms with E-state index in [0.717, 1.165) is 11.1 Å².